The number of aromatic amines is 2. The van der Waals surface area contributed by atoms with Gasteiger partial charge in [-0.05, 0) is 38.3 Å². The van der Waals surface area contributed by atoms with E-state index in [4.69, 9.17) is 24.4 Å². The standard InChI is InChI=1S/2C6H7NO2S2.2Na/c2*1-3-4(2-5(8)9)11-6(10)7-3;;/h2*2H2,1H3,(H,7,10)(H,8,9);;/q;;2*+1/p-2. The van der Waals surface area contributed by atoms with Crippen LogP contribution in [0.1, 0.15) is 21.1 Å². The summed E-state index contributed by atoms with van der Waals surface area (Å²) < 4.78 is 1.22. The Balaban J connectivity index is 0. The van der Waals surface area contributed by atoms with Crippen molar-refractivity contribution in [1.29, 1.82) is 0 Å². The summed E-state index contributed by atoms with van der Waals surface area (Å²) in [6, 6.07) is 0. The van der Waals surface area contributed by atoms with Crippen molar-refractivity contribution in [2.24, 2.45) is 0 Å². The van der Waals surface area contributed by atoms with Gasteiger partial charge in [0.1, 0.15) is 0 Å². The predicted octanol–water partition coefficient (Wildman–Crippen LogP) is -5.18. The molecule has 0 radical (unpaired) electrons. The van der Waals surface area contributed by atoms with E-state index in [0.717, 1.165) is 21.1 Å². The van der Waals surface area contributed by atoms with Gasteiger partial charge in [-0.15, -0.1) is 22.7 Å². The molecule has 2 heterocycles. The molecule has 2 aromatic rings. The van der Waals surface area contributed by atoms with Gasteiger partial charge in [0.15, 0.2) is 7.91 Å². The number of hydrogen-bond donors (Lipinski definition) is 2. The van der Waals surface area contributed by atoms with Gasteiger partial charge in [0, 0.05) is 45.9 Å². The first-order chi connectivity index (χ1) is 10.2. The minimum Gasteiger partial charge on any atom is -0.550 e. The summed E-state index contributed by atoms with van der Waals surface area (Å²) in [7, 11) is 0. The van der Waals surface area contributed by atoms with Crippen molar-refractivity contribution in [1.82, 2.24) is 9.97 Å². The second-order valence-corrected chi connectivity index (χ2v) is 7.77. The largest absolute Gasteiger partial charge is 1.00 e. The van der Waals surface area contributed by atoms with Crippen LogP contribution in [0.4, 0.5) is 0 Å². The van der Waals surface area contributed by atoms with Crippen LogP contribution in [0.15, 0.2) is 0 Å². The Kier molecular flexibility index (Phi) is 14.4. The van der Waals surface area contributed by atoms with E-state index in [2.05, 4.69) is 9.97 Å². The number of aryl methyl sites for hydroxylation is 2. The summed E-state index contributed by atoms with van der Waals surface area (Å²) in [5, 5.41) is 20.4. The zero-order chi connectivity index (χ0) is 16.9. The van der Waals surface area contributed by atoms with E-state index in [0.29, 0.717) is 7.91 Å². The fourth-order valence-corrected chi connectivity index (χ4v) is 4.03. The van der Waals surface area contributed by atoms with E-state index in [1.54, 1.807) is 13.8 Å². The first kappa shape index (κ1) is 26.9. The molecule has 2 N–H and O–H groups in total. The third-order valence-corrected chi connectivity index (χ3v) is 5.13. The monoisotopic (exact) mass is 422 g/mol. The van der Waals surface area contributed by atoms with Crippen molar-refractivity contribution in [3.63, 3.8) is 0 Å². The second-order valence-electron chi connectivity index (χ2n) is 4.22. The van der Waals surface area contributed by atoms with Gasteiger partial charge >= 0.3 is 59.1 Å². The molecule has 0 amide bonds. The third-order valence-electron chi connectivity index (χ3n) is 2.46. The SMILES string of the molecule is Cc1[nH]c(=S)sc1CC(=O)[O-].Cc1[nH]c(=S)sc1CC(=O)[O-].[Na+].[Na+]. The van der Waals surface area contributed by atoms with Crippen molar-refractivity contribution in [2.75, 3.05) is 0 Å². The number of H-pyrrole nitrogens is 2. The van der Waals surface area contributed by atoms with Gasteiger partial charge < -0.3 is 29.8 Å². The molecule has 120 valence electrons. The maximum Gasteiger partial charge on any atom is 1.00 e. The fraction of sp³-hybridized carbons (Fsp3) is 0.333. The van der Waals surface area contributed by atoms with Crippen molar-refractivity contribution in [3.05, 3.63) is 29.1 Å². The van der Waals surface area contributed by atoms with Crippen molar-refractivity contribution in [3.8, 4) is 0 Å². The van der Waals surface area contributed by atoms with Gasteiger partial charge in [0.2, 0.25) is 0 Å². The maximum absolute atomic E-state index is 10.2. The Morgan fingerprint density at radius 1 is 0.875 bits per heavy atom. The van der Waals surface area contributed by atoms with E-state index in [9.17, 15) is 19.8 Å². The van der Waals surface area contributed by atoms with Crippen LogP contribution in [-0.2, 0) is 22.4 Å². The number of carbonyl (C=O) groups is 2. The zero-order valence-electron chi connectivity index (χ0n) is 13.7. The number of hydrogen-bond acceptors (Lipinski definition) is 8. The fourth-order valence-electron chi connectivity index (χ4n) is 1.47. The Morgan fingerprint density at radius 2 is 1.17 bits per heavy atom. The van der Waals surface area contributed by atoms with Gasteiger partial charge in [0.25, 0.3) is 0 Å². The molecule has 2 aromatic heterocycles. The molecule has 6 nitrogen and oxygen atoms in total. The number of carboxylic acid groups (broad SMARTS) is 2. The molecule has 2 rings (SSSR count). The number of thiazole rings is 2. The molecule has 0 saturated heterocycles. The van der Waals surface area contributed by atoms with Crippen molar-refractivity contribution >= 4 is 59.0 Å². The van der Waals surface area contributed by atoms with Gasteiger partial charge in [-0.3, -0.25) is 0 Å². The normalized spacial score (nSPS) is 9.08. The summed E-state index contributed by atoms with van der Waals surface area (Å²) in [6.45, 7) is 3.59. The number of carbonyl (C=O) groups excluding carboxylic acids is 2. The van der Waals surface area contributed by atoms with Gasteiger partial charge in [-0.1, -0.05) is 0 Å². The molecule has 12 heteroatoms. The minimum atomic E-state index is -1.07. The molecule has 0 aliphatic heterocycles. The molecule has 24 heavy (non-hydrogen) atoms. The zero-order valence-corrected chi connectivity index (χ0v) is 20.9. The Bertz CT molecular complexity index is 727. The molecular weight excluding hydrogens is 410 g/mol. The molecule has 0 unspecified atom stereocenters. The average Bonchev–Trinajstić information content (AvgIpc) is 2.81. The Labute approximate surface area is 201 Å². The third kappa shape index (κ3) is 9.95. The van der Waals surface area contributed by atoms with E-state index in [-0.39, 0.29) is 72.0 Å². The maximum atomic E-state index is 10.2. The average molecular weight is 422 g/mol. The summed E-state index contributed by atoms with van der Waals surface area (Å²) in [5.41, 5.74) is 1.65. The van der Waals surface area contributed by atoms with Crippen molar-refractivity contribution < 1.29 is 78.9 Å². The van der Waals surface area contributed by atoms with Crippen LogP contribution in [0.25, 0.3) is 0 Å². The summed E-state index contributed by atoms with van der Waals surface area (Å²) in [5.74, 6) is -2.14. The molecular formula is C12H12N2Na2O4S4. The molecule has 0 spiro atoms. The Morgan fingerprint density at radius 3 is 1.33 bits per heavy atom. The van der Waals surface area contributed by atoms with Crippen LogP contribution in [0.2, 0.25) is 0 Å². The van der Waals surface area contributed by atoms with E-state index < -0.39 is 11.9 Å². The van der Waals surface area contributed by atoms with Crippen LogP contribution >= 0.6 is 47.1 Å². The first-order valence-corrected chi connectivity index (χ1v) is 8.40. The van der Waals surface area contributed by atoms with E-state index in [1.165, 1.54) is 22.7 Å². The van der Waals surface area contributed by atoms with Crippen LogP contribution in [-0.4, -0.2) is 21.9 Å². The Hall–Kier alpha value is 0.640. The van der Waals surface area contributed by atoms with E-state index >= 15 is 0 Å². The number of aliphatic carboxylic acids is 2. The van der Waals surface area contributed by atoms with Crippen LogP contribution < -0.4 is 69.3 Å². The predicted molar refractivity (Wildman–Crippen MR) is 85.9 cm³/mol. The van der Waals surface area contributed by atoms with Crippen LogP contribution in [0.5, 0.6) is 0 Å². The summed E-state index contributed by atoms with van der Waals surface area (Å²) in [6.07, 6.45) is -0.104. The smallest absolute Gasteiger partial charge is 0.550 e. The van der Waals surface area contributed by atoms with Crippen LogP contribution in [0.3, 0.4) is 0 Å². The van der Waals surface area contributed by atoms with Crippen LogP contribution in [0, 0.1) is 21.8 Å². The molecule has 0 bridgehead atoms. The molecule has 0 aromatic carbocycles. The minimum absolute atomic E-state index is 0. The summed E-state index contributed by atoms with van der Waals surface area (Å²) >= 11 is 12.2. The molecule has 0 atom stereocenters. The molecule has 0 fully saturated rings. The van der Waals surface area contributed by atoms with Crippen molar-refractivity contribution in [2.45, 2.75) is 26.7 Å². The number of aromatic nitrogens is 2. The van der Waals surface area contributed by atoms with E-state index in [1.807, 2.05) is 0 Å². The van der Waals surface area contributed by atoms with Gasteiger partial charge in [0.05, 0.1) is 0 Å². The number of nitrogens with one attached hydrogen (secondary N) is 2. The van der Waals surface area contributed by atoms with Gasteiger partial charge in [-0.25, -0.2) is 0 Å². The first-order valence-electron chi connectivity index (χ1n) is 5.96. The molecule has 0 aliphatic carbocycles. The number of carboxylic acids is 2. The summed E-state index contributed by atoms with van der Waals surface area (Å²) in [4.78, 5) is 27.6. The molecule has 0 saturated carbocycles. The number of rotatable bonds is 4. The molecule has 0 aliphatic rings. The second kappa shape index (κ2) is 12.9. The topological polar surface area (TPSA) is 112 Å². The quantitative estimate of drug-likeness (QED) is 0.377. The van der Waals surface area contributed by atoms with Gasteiger partial charge in [-0.2, -0.15) is 0 Å².